The van der Waals surface area contributed by atoms with Gasteiger partial charge in [0.1, 0.15) is 0 Å². The average molecular weight is 265 g/mol. The average Bonchev–Trinajstić information content (AvgIpc) is 2.66. The molecule has 0 saturated heterocycles. The maximum Gasteiger partial charge on any atom is 0.258 e. The summed E-state index contributed by atoms with van der Waals surface area (Å²) in [5, 5.41) is 2.96. The van der Waals surface area contributed by atoms with E-state index in [0.29, 0.717) is 0 Å². The summed E-state index contributed by atoms with van der Waals surface area (Å²) >= 11 is 0. The van der Waals surface area contributed by atoms with Gasteiger partial charge in [-0.15, -0.1) is 0 Å². The monoisotopic (exact) mass is 265 g/mol. The predicted octanol–water partition coefficient (Wildman–Crippen LogP) is 3.04. The molecule has 1 aromatic carbocycles. The Balaban J connectivity index is 1.76. The van der Waals surface area contributed by atoms with Crippen LogP contribution in [0.4, 0.5) is 4.39 Å². The lowest BCUT2D eigenvalue weighted by atomic mass is 10.1. The van der Waals surface area contributed by atoms with E-state index in [9.17, 15) is 9.18 Å². The second-order valence-corrected chi connectivity index (χ2v) is 4.98. The van der Waals surface area contributed by atoms with Crippen molar-refractivity contribution in [2.24, 2.45) is 0 Å². The number of ether oxygens (including phenoxy) is 1. The van der Waals surface area contributed by atoms with E-state index in [0.717, 1.165) is 12.8 Å². The van der Waals surface area contributed by atoms with Crippen LogP contribution in [0.3, 0.4) is 0 Å². The van der Waals surface area contributed by atoms with E-state index in [2.05, 4.69) is 5.32 Å². The first kappa shape index (κ1) is 13.8. The number of para-hydroxylation sites is 1. The summed E-state index contributed by atoms with van der Waals surface area (Å²) in [7, 11) is 0. The van der Waals surface area contributed by atoms with Crippen molar-refractivity contribution in [3.8, 4) is 5.75 Å². The van der Waals surface area contributed by atoms with Crippen LogP contribution in [0.5, 0.6) is 5.75 Å². The van der Waals surface area contributed by atoms with Crippen LogP contribution < -0.4 is 10.1 Å². The number of benzene rings is 1. The fourth-order valence-electron chi connectivity index (χ4n) is 2.40. The van der Waals surface area contributed by atoms with Crippen molar-refractivity contribution in [1.29, 1.82) is 0 Å². The molecule has 1 amide bonds. The highest BCUT2D eigenvalue weighted by molar-refractivity contribution is 5.77. The van der Waals surface area contributed by atoms with Gasteiger partial charge >= 0.3 is 0 Å². The van der Waals surface area contributed by atoms with Crippen molar-refractivity contribution in [3.63, 3.8) is 0 Å². The van der Waals surface area contributed by atoms with Crippen LogP contribution in [0.25, 0.3) is 0 Å². The number of halogens is 1. The minimum Gasteiger partial charge on any atom is -0.481 e. The molecule has 1 saturated carbocycles. The molecule has 0 radical (unpaired) electrons. The van der Waals surface area contributed by atoms with Gasteiger partial charge in [0.05, 0.1) is 0 Å². The lowest BCUT2D eigenvalue weighted by molar-refractivity contribution is -0.123. The van der Waals surface area contributed by atoms with Gasteiger partial charge in [0.25, 0.3) is 5.91 Å². The SMILES string of the molecule is O=C(COc1ccccc1F)NC1CCCCCC1. The molecule has 4 heteroatoms. The first-order valence-electron chi connectivity index (χ1n) is 6.92. The lowest BCUT2D eigenvalue weighted by Crippen LogP contribution is -2.37. The van der Waals surface area contributed by atoms with Crippen molar-refractivity contribution in [1.82, 2.24) is 5.32 Å². The molecule has 1 aromatic rings. The first-order valence-corrected chi connectivity index (χ1v) is 6.92. The summed E-state index contributed by atoms with van der Waals surface area (Å²) in [5.74, 6) is -0.488. The fourth-order valence-corrected chi connectivity index (χ4v) is 2.40. The van der Waals surface area contributed by atoms with Gasteiger partial charge in [-0.25, -0.2) is 4.39 Å². The molecule has 104 valence electrons. The molecule has 2 rings (SSSR count). The molecule has 0 heterocycles. The van der Waals surface area contributed by atoms with Crippen LogP contribution in [-0.2, 0) is 4.79 Å². The van der Waals surface area contributed by atoms with Gasteiger partial charge in [-0.05, 0) is 25.0 Å². The summed E-state index contributed by atoms with van der Waals surface area (Å²) < 4.78 is 18.5. The van der Waals surface area contributed by atoms with Crippen LogP contribution >= 0.6 is 0 Å². The van der Waals surface area contributed by atoms with Gasteiger partial charge in [0, 0.05) is 6.04 Å². The Hall–Kier alpha value is -1.58. The van der Waals surface area contributed by atoms with Crippen LogP contribution in [0.2, 0.25) is 0 Å². The molecule has 0 unspecified atom stereocenters. The quantitative estimate of drug-likeness (QED) is 0.850. The molecule has 3 nitrogen and oxygen atoms in total. The Kier molecular flexibility index (Phi) is 5.19. The largest absolute Gasteiger partial charge is 0.481 e. The number of carbonyl (C=O) groups is 1. The van der Waals surface area contributed by atoms with Crippen molar-refractivity contribution in [2.45, 2.75) is 44.6 Å². The van der Waals surface area contributed by atoms with E-state index in [1.165, 1.54) is 37.8 Å². The first-order chi connectivity index (χ1) is 9.25. The zero-order chi connectivity index (χ0) is 13.5. The Morgan fingerprint density at radius 2 is 1.89 bits per heavy atom. The van der Waals surface area contributed by atoms with Gasteiger partial charge in [0.2, 0.25) is 0 Å². The highest BCUT2D eigenvalue weighted by Crippen LogP contribution is 2.17. The molecule has 0 bridgehead atoms. The smallest absolute Gasteiger partial charge is 0.258 e. The predicted molar refractivity (Wildman–Crippen MR) is 71.5 cm³/mol. The third-order valence-electron chi connectivity index (χ3n) is 3.42. The fraction of sp³-hybridized carbons (Fsp3) is 0.533. The summed E-state index contributed by atoms with van der Waals surface area (Å²) in [6.07, 6.45) is 6.89. The Morgan fingerprint density at radius 3 is 2.58 bits per heavy atom. The van der Waals surface area contributed by atoms with Gasteiger partial charge in [-0.3, -0.25) is 4.79 Å². The maximum absolute atomic E-state index is 13.3. The summed E-state index contributed by atoms with van der Waals surface area (Å²) in [6.45, 7) is -0.128. The number of hydrogen-bond acceptors (Lipinski definition) is 2. The maximum atomic E-state index is 13.3. The van der Waals surface area contributed by atoms with Crippen molar-refractivity contribution < 1.29 is 13.9 Å². The van der Waals surface area contributed by atoms with Crippen molar-refractivity contribution >= 4 is 5.91 Å². The molecule has 1 fully saturated rings. The number of nitrogens with one attached hydrogen (secondary N) is 1. The highest BCUT2D eigenvalue weighted by Gasteiger charge is 2.15. The van der Waals surface area contributed by atoms with Gasteiger partial charge in [0.15, 0.2) is 18.2 Å². The van der Waals surface area contributed by atoms with Crippen LogP contribution in [-0.4, -0.2) is 18.6 Å². The molecular formula is C15H20FNO2. The molecule has 0 spiro atoms. The van der Waals surface area contributed by atoms with E-state index < -0.39 is 5.82 Å². The zero-order valence-electron chi connectivity index (χ0n) is 11.0. The lowest BCUT2D eigenvalue weighted by Gasteiger charge is -2.16. The Morgan fingerprint density at radius 1 is 1.21 bits per heavy atom. The van der Waals surface area contributed by atoms with E-state index in [4.69, 9.17) is 4.74 Å². The van der Waals surface area contributed by atoms with Gasteiger partial charge in [-0.1, -0.05) is 37.8 Å². The molecular weight excluding hydrogens is 245 g/mol. The molecule has 0 aliphatic heterocycles. The summed E-state index contributed by atoms with van der Waals surface area (Å²) in [4.78, 5) is 11.7. The molecule has 0 atom stereocenters. The topological polar surface area (TPSA) is 38.3 Å². The van der Waals surface area contributed by atoms with Gasteiger partial charge in [-0.2, -0.15) is 0 Å². The molecule has 1 aliphatic rings. The molecule has 0 aromatic heterocycles. The molecule has 1 N–H and O–H groups in total. The second-order valence-electron chi connectivity index (χ2n) is 4.98. The minimum atomic E-state index is -0.440. The summed E-state index contributed by atoms with van der Waals surface area (Å²) in [5.41, 5.74) is 0. The van der Waals surface area contributed by atoms with Crippen molar-refractivity contribution in [2.75, 3.05) is 6.61 Å². The normalized spacial score (nSPS) is 16.7. The van der Waals surface area contributed by atoms with Gasteiger partial charge < -0.3 is 10.1 Å². The zero-order valence-corrected chi connectivity index (χ0v) is 11.0. The highest BCUT2D eigenvalue weighted by atomic mass is 19.1. The third kappa shape index (κ3) is 4.54. The van der Waals surface area contributed by atoms with Crippen molar-refractivity contribution in [3.05, 3.63) is 30.1 Å². The van der Waals surface area contributed by atoms with E-state index in [1.54, 1.807) is 12.1 Å². The van der Waals surface area contributed by atoms with Crippen LogP contribution in [0.15, 0.2) is 24.3 Å². The number of rotatable bonds is 4. The third-order valence-corrected chi connectivity index (χ3v) is 3.42. The second kappa shape index (κ2) is 7.12. The summed E-state index contributed by atoms with van der Waals surface area (Å²) in [6, 6.07) is 6.36. The molecule has 1 aliphatic carbocycles. The van der Waals surface area contributed by atoms with E-state index in [-0.39, 0.29) is 24.3 Å². The minimum absolute atomic E-state index is 0.124. The van der Waals surface area contributed by atoms with Crippen LogP contribution in [0.1, 0.15) is 38.5 Å². The van der Waals surface area contributed by atoms with E-state index >= 15 is 0 Å². The Labute approximate surface area is 113 Å². The molecule has 19 heavy (non-hydrogen) atoms. The number of amides is 1. The van der Waals surface area contributed by atoms with E-state index in [1.807, 2.05) is 0 Å². The number of hydrogen-bond donors (Lipinski definition) is 1. The van der Waals surface area contributed by atoms with Crippen LogP contribution in [0, 0.1) is 5.82 Å². The Bertz CT molecular complexity index is 414. The number of carbonyl (C=O) groups excluding carboxylic acids is 1. The standard InChI is InChI=1S/C15H20FNO2/c16-13-9-5-6-10-14(13)19-11-15(18)17-12-7-3-1-2-4-8-12/h5-6,9-10,12H,1-4,7-8,11H2,(H,17,18).